The molecule has 0 spiro atoms. The summed E-state index contributed by atoms with van der Waals surface area (Å²) < 4.78 is 5.48. The second-order valence-corrected chi connectivity index (χ2v) is 7.66. The number of nitrogens with zero attached hydrogens (tertiary/aromatic N) is 3. The summed E-state index contributed by atoms with van der Waals surface area (Å²) in [5, 5.41) is 6.57. The molecule has 1 amide bonds. The van der Waals surface area contributed by atoms with Crippen molar-refractivity contribution < 1.29 is 9.53 Å². The van der Waals surface area contributed by atoms with Gasteiger partial charge in [-0.3, -0.25) is 14.7 Å². The Balaban J connectivity index is 0.00000450. The minimum atomic E-state index is 0. The first-order chi connectivity index (χ1) is 14.0. The number of morpholine rings is 1. The summed E-state index contributed by atoms with van der Waals surface area (Å²) in [5.41, 5.74) is 1.13. The van der Waals surface area contributed by atoms with E-state index in [4.69, 9.17) is 4.74 Å². The van der Waals surface area contributed by atoms with E-state index in [9.17, 15) is 4.79 Å². The molecule has 1 aliphatic rings. The monoisotopic (exact) mass is 531 g/mol. The van der Waals surface area contributed by atoms with Gasteiger partial charge in [0.1, 0.15) is 0 Å². The van der Waals surface area contributed by atoms with Crippen molar-refractivity contribution in [2.45, 2.75) is 33.4 Å². The maximum atomic E-state index is 12.7. The average Bonchev–Trinajstić information content (AvgIpc) is 2.75. The molecule has 7 nitrogen and oxygen atoms in total. The fourth-order valence-electron chi connectivity index (χ4n) is 3.57. The highest BCUT2D eigenvalue weighted by atomic mass is 127. The first-order valence-corrected chi connectivity index (χ1v) is 10.6. The summed E-state index contributed by atoms with van der Waals surface area (Å²) in [5.74, 6) is 1.24. The van der Waals surface area contributed by atoms with Gasteiger partial charge in [0, 0.05) is 45.8 Å². The molecule has 1 atom stereocenters. The van der Waals surface area contributed by atoms with Gasteiger partial charge in [0.05, 0.1) is 19.8 Å². The molecular formula is C22H38IN5O2. The quantitative estimate of drug-likeness (QED) is 0.291. The van der Waals surface area contributed by atoms with E-state index in [0.717, 1.165) is 38.4 Å². The Morgan fingerprint density at radius 1 is 1.20 bits per heavy atom. The highest BCUT2D eigenvalue weighted by Gasteiger charge is 2.24. The summed E-state index contributed by atoms with van der Waals surface area (Å²) in [7, 11) is 1.74. The van der Waals surface area contributed by atoms with Crippen LogP contribution < -0.4 is 10.6 Å². The molecule has 1 aliphatic heterocycles. The number of carbonyl (C=O) groups excluding carboxylic acids is 1. The Hall–Kier alpha value is -1.39. The first-order valence-electron chi connectivity index (χ1n) is 10.6. The Morgan fingerprint density at radius 2 is 1.87 bits per heavy atom. The van der Waals surface area contributed by atoms with Gasteiger partial charge in [0.2, 0.25) is 5.91 Å². The van der Waals surface area contributed by atoms with Crippen LogP contribution in [-0.2, 0) is 16.1 Å². The van der Waals surface area contributed by atoms with Crippen molar-refractivity contribution in [1.82, 2.24) is 20.4 Å². The molecule has 1 unspecified atom stereocenters. The fraction of sp³-hybridized carbons (Fsp3) is 0.636. The second-order valence-electron chi connectivity index (χ2n) is 7.66. The van der Waals surface area contributed by atoms with Gasteiger partial charge in [-0.15, -0.1) is 24.0 Å². The fourth-order valence-corrected chi connectivity index (χ4v) is 3.57. The molecule has 170 valence electrons. The number of likely N-dealkylation sites (N-methyl/N-ethyl adjacent to an activating group) is 1. The smallest absolute Gasteiger partial charge is 0.242 e. The Labute approximate surface area is 198 Å². The van der Waals surface area contributed by atoms with Gasteiger partial charge in [-0.2, -0.15) is 0 Å². The van der Waals surface area contributed by atoms with Crippen molar-refractivity contribution in [1.29, 1.82) is 0 Å². The van der Waals surface area contributed by atoms with E-state index in [1.165, 1.54) is 0 Å². The zero-order valence-electron chi connectivity index (χ0n) is 18.8. The van der Waals surface area contributed by atoms with E-state index in [-0.39, 0.29) is 36.4 Å². The number of benzene rings is 1. The molecule has 0 saturated carbocycles. The zero-order valence-corrected chi connectivity index (χ0v) is 21.1. The van der Waals surface area contributed by atoms with Crippen LogP contribution in [0.25, 0.3) is 0 Å². The van der Waals surface area contributed by atoms with Crippen LogP contribution in [0.1, 0.15) is 26.3 Å². The largest absolute Gasteiger partial charge is 0.379 e. The van der Waals surface area contributed by atoms with Gasteiger partial charge in [-0.05, 0) is 18.4 Å². The van der Waals surface area contributed by atoms with Crippen molar-refractivity contribution in [2.75, 3.05) is 53.0 Å². The number of nitrogens with one attached hydrogen (secondary N) is 2. The number of hydrogen-bond acceptors (Lipinski definition) is 4. The molecule has 2 N–H and O–H groups in total. The summed E-state index contributed by atoms with van der Waals surface area (Å²) in [6.45, 7) is 12.3. The van der Waals surface area contributed by atoms with Gasteiger partial charge in [-0.1, -0.05) is 44.2 Å². The van der Waals surface area contributed by atoms with Crippen LogP contribution in [0.5, 0.6) is 0 Å². The van der Waals surface area contributed by atoms with Gasteiger partial charge < -0.3 is 20.3 Å². The topological polar surface area (TPSA) is 69.2 Å². The Kier molecular flexibility index (Phi) is 13.0. The molecule has 1 aromatic carbocycles. The maximum absolute atomic E-state index is 12.7. The van der Waals surface area contributed by atoms with E-state index in [1.54, 1.807) is 7.05 Å². The van der Waals surface area contributed by atoms with E-state index < -0.39 is 0 Å². The third-order valence-electron chi connectivity index (χ3n) is 5.34. The lowest BCUT2D eigenvalue weighted by molar-refractivity contribution is -0.130. The van der Waals surface area contributed by atoms with Crippen LogP contribution in [0.2, 0.25) is 0 Å². The number of aliphatic imine (C=N–C) groups is 1. The molecule has 0 bridgehead atoms. The standard InChI is InChI=1S/C22H37N5O2.HI/c1-5-26(17-19-9-7-6-8-10-19)21(28)16-25-22(23-4)24-15-20(18(2)3)27-11-13-29-14-12-27;/h6-10,18,20H,5,11-17H2,1-4H3,(H2,23,24,25);1H. The van der Waals surface area contributed by atoms with Crippen LogP contribution in [0.4, 0.5) is 0 Å². The van der Waals surface area contributed by atoms with E-state index in [0.29, 0.717) is 31.0 Å². The predicted octanol–water partition coefficient (Wildman–Crippen LogP) is 2.17. The number of rotatable bonds is 9. The molecule has 30 heavy (non-hydrogen) atoms. The molecule has 0 radical (unpaired) electrons. The number of amides is 1. The molecule has 2 rings (SSSR count). The summed E-state index contributed by atoms with van der Waals surface area (Å²) in [6, 6.07) is 10.5. The van der Waals surface area contributed by atoms with Gasteiger partial charge in [0.15, 0.2) is 5.96 Å². The summed E-state index contributed by atoms with van der Waals surface area (Å²) in [4.78, 5) is 21.3. The Bertz CT molecular complexity index is 636. The molecule has 0 aromatic heterocycles. The number of hydrogen-bond donors (Lipinski definition) is 2. The highest BCUT2D eigenvalue weighted by molar-refractivity contribution is 14.0. The van der Waals surface area contributed by atoms with Crippen LogP contribution in [0.15, 0.2) is 35.3 Å². The molecule has 0 aliphatic carbocycles. The van der Waals surface area contributed by atoms with Gasteiger partial charge in [-0.25, -0.2) is 0 Å². The molecule has 1 heterocycles. The minimum Gasteiger partial charge on any atom is -0.379 e. The molecule has 8 heteroatoms. The maximum Gasteiger partial charge on any atom is 0.242 e. The van der Waals surface area contributed by atoms with Crippen LogP contribution in [-0.4, -0.2) is 80.7 Å². The van der Waals surface area contributed by atoms with Crippen LogP contribution >= 0.6 is 24.0 Å². The third-order valence-corrected chi connectivity index (χ3v) is 5.34. The van der Waals surface area contributed by atoms with E-state index in [2.05, 4.69) is 34.4 Å². The number of carbonyl (C=O) groups is 1. The van der Waals surface area contributed by atoms with Crippen LogP contribution in [0.3, 0.4) is 0 Å². The minimum absolute atomic E-state index is 0. The summed E-state index contributed by atoms with van der Waals surface area (Å²) in [6.07, 6.45) is 0. The van der Waals surface area contributed by atoms with Gasteiger partial charge in [0.25, 0.3) is 0 Å². The zero-order chi connectivity index (χ0) is 21.1. The number of ether oxygens (including phenoxy) is 1. The predicted molar refractivity (Wildman–Crippen MR) is 133 cm³/mol. The number of guanidine groups is 1. The lowest BCUT2D eigenvalue weighted by Crippen LogP contribution is -2.53. The highest BCUT2D eigenvalue weighted by Crippen LogP contribution is 2.12. The normalized spacial score (nSPS) is 16.0. The van der Waals surface area contributed by atoms with Crippen LogP contribution in [0, 0.1) is 5.92 Å². The third kappa shape index (κ3) is 8.77. The molecular weight excluding hydrogens is 493 g/mol. The van der Waals surface area contributed by atoms with E-state index >= 15 is 0 Å². The SMILES string of the molecule is CCN(Cc1ccccc1)C(=O)CNC(=NC)NCC(C(C)C)N1CCOCC1.I. The Morgan fingerprint density at radius 3 is 2.43 bits per heavy atom. The van der Waals surface area contributed by atoms with Crippen molar-refractivity contribution >= 4 is 35.8 Å². The lowest BCUT2D eigenvalue weighted by Gasteiger charge is -2.37. The lowest BCUT2D eigenvalue weighted by atomic mass is 10.0. The van der Waals surface area contributed by atoms with Crippen molar-refractivity contribution in [3.8, 4) is 0 Å². The van der Waals surface area contributed by atoms with Crippen molar-refractivity contribution in [3.05, 3.63) is 35.9 Å². The van der Waals surface area contributed by atoms with Crippen molar-refractivity contribution in [2.24, 2.45) is 10.9 Å². The molecule has 1 fully saturated rings. The molecule has 1 aromatic rings. The summed E-state index contributed by atoms with van der Waals surface area (Å²) >= 11 is 0. The van der Waals surface area contributed by atoms with Gasteiger partial charge >= 0.3 is 0 Å². The van der Waals surface area contributed by atoms with E-state index in [1.807, 2.05) is 42.2 Å². The number of halogens is 1. The molecule has 1 saturated heterocycles. The van der Waals surface area contributed by atoms with Crippen molar-refractivity contribution in [3.63, 3.8) is 0 Å². The average molecular weight is 531 g/mol. The second kappa shape index (κ2) is 14.6. The first kappa shape index (κ1) is 26.6.